The zero-order valence-corrected chi connectivity index (χ0v) is 20.4. The monoisotopic (exact) mass is 536 g/mol. The molecule has 0 bridgehead atoms. The fraction of sp³-hybridized carbons (Fsp3) is 0.129. The average molecular weight is 537 g/mol. The van der Waals surface area contributed by atoms with Crippen LogP contribution >= 0.6 is 0 Å². The zero-order valence-electron chi connectivity index (χ0n) is 20.4. The molecule has 39 heavy (non-hydrogen) atoms. The Kier molecular flexibility index (Phi) is 6.91. The Labute approximate surface area is 220 Å². The molecule has 198 valence electrons. The second kappa shape index (κ2) is 10.2. The number of pyridine rings is 1. The number of halogens is 6. The van der Waals surface area contributed by atoms with Crippen LogP contribution < -0.4 is 5.73 Å². The second-order valence-corrected chi connectivity index (χ2v) is 9.25. The topological polar surface area (TPSA) is 38.9 Å². The molecule has 2 nitrogen and oxygen atoms in total. The van der Waals surface area contributed by atoms with E-state index in [2.05, 4.69) is 4.98 Å². The Morgan fingerprint density at radius 3 is 2.05 bits per heavy atom. The van der Waals surface area contributed by atoms with Crippen molar-refractivity contribution >= 4 is 10.9 Å². The summed E-state index contributed by atoms with van der Waals surface area (Å²) in [5, 5.41) is 0.322. The van der Waals surface area contributed by atoms with Gasteiger partial charge < -0.3 is 5.73 Å². The SMILES string of the molecule is NC(c1cccc(-c2c(Cc3ccccc3)cnc3c(C(F)(F)F)cccc23)c1)c1cccc(C(F)(F)F)c1. The lowest BCUT2D eigenvalue weighted by Crippen LogP contribution is -2.14. The number of benzene rings is 4. The molecule has 4 aromatic carbocycles. The van der Waals surface area contributed by atoms with Gasteiger partial charge in [0.15, 0.2) is 0 Å². The molecule has 1 unspecified atom stereocenters. The molecule has 0 radical (unpaired) electrons. The minimum absolute atomic E-state index is 0.176. The molecule has 5 rings (SSSR count). The van der Waals surface area contributed by atoms with Gasteiger partial charge in [-0.2, -0.15) is 26.3 Å². The van der Waals surface area contributed by atoms with Gasteiger partial charge in [0, 0.05) is 11.6 Å². The number of fused-ring (bicyclic) bond motifs is 1. The van der Waals surface area contributed by atoms with Crippen LogP contribution in [0.5, 0.6) is 0 Å². The summed E-state index contributed by atoms with van der Waals surface area (Å²) in [7, 11) is 0. The molecule has 0 amide bonds. The predicted molar refractivity (Wildman–Crippen MR) is 139 cm³/mol. The number of nitrogens with two attached hydrogens (primary N) is 1. The van der Waals surface area contributed by atoms with E-state index >= 15 is 0 Å². The van der Waals surface area contributed by atoms with Gasteiger partial charge in [0.2, 0.25) is 0 Å². The van der Waals surface area contributed by atoms with Crippen molar-refractivity contribution < 1.29 is 26.3 Å². The standard InChI is InChI=1S/C31H22F6N2/c32-30(33,34)24-12-5-11-22(17-24)28(38)21-10-4-9-20(16-21)27-23(15-19-7-2-1-3-8-19)18-39-29-25(27)13-6-14-26(29)31(35,36)37/h1-14,16-18,28H,15,38H2. The van der Waals surface area contributed by atoms with Crippen LogP contribution in [0.4, 0.5) is 26.3 Å². The van der Waals surface area contributed by atoms with Crippen molar-refractivity contribution in [3.8, 4) is 11.1 Å². The summed E-state index contributed by atoms with van der Waals surface area (Å²) in [6.07, 6.45) is -7.24. The lowest BCUT2D eigenvalue weighted by molar-refractivity contribution is -0.138. The van der Waals surface area contributed by atoms with Crippen LogP contribution in [0.1, 0.15) is 39.4 Å². The Hall–Kier alpha value is -4.17. The Bertz CT molecular complexity index is 1620. The van der Waals surface area contributed by atoms with E-state index < -0.39 is 29.5 Å². The summed E-state index contributed by atoms with van der Waals surface area (Å²) < 4.78 is 81.4. The lowest BCUT2D eigenvalue weighted by Gasteiger charge is -2.19. The van der Waals surface area contributed by atoms with Gasteiger partial charge in [0.25, 0.3) is 0 Å². The van der Waals surface area contributed by atoms with E-state index in [4.69, 9.17) is 5.73 Å². The number of aromatic nitrogens is 1. The molecule has 1 aromatic heterocycles. The summed E-state index contributed by atoms with van der Waals surface area (Å²) >= 11 is 0. The fourth-order valence-corrected chi connectivity index (χ4v) is 4.77. The van der Waals surface area contributed by atoms with Crippen LogP contribution in [0, 0.1) is 0 Å². The van der Waals surface area contributed by atoms with Crippen LogP contribution in [-0.2, 0) is 18.8 Å². The second-order valence-electron chi connectivity index (χ2n) is 9.25. The van der Waals surface area contributed by atoms with Crippen molar-refractivity contribution in [2.24, 2.45) is 5.73 Å². The van der Waals surface area contributed by atoms with Gasteiger partial charge >= 0.3 is 12.4 Å². The number of hydrogen-bond donors (Lipinski definition) is 1. The average Bonchev–Trinajstić information content (AvgIpc) is 2.92. The quantitative estimate of drug-likeness (QED) is 0.229. The third-order valence-corrected chi connectivity index (χ3v) is 6.63. The number of alkyl halides is 6. The highest BCUT2D eigenvalue weighted by Gasteiger charge is 2.34. The zero-order chi connectivity index (χ0) is 27.8. The summed E-state index contributed by atoms with van der Waals surface area (Å²) in [5.41, 5.74) is 8.17. The Morgan fingerprint density at radius 2 is 1.36 bits per heavy atom. The maximum atomic E-state index is 13.8. The van der Waals surface area contributed by atoms with Gasteiger partial charge in [-0.3, -0.25) is 4.98 Å². The molecular formula is C31H22F6N2. The Balaban J connectivity index is 1.67. The molecule has 0 aliphatic carbocycles. The van der Waals surface area contributed by atoms with Crippen molar-refractivity contribution in [2.75, 3.05) is 0 Å². The van der Waals surface area contributed by atoms with Crippen LogP contribution in [0.2, 0.25) is 0 Å². The smallest absolute Gasteiger partial charge is 0.320 e. The molecule has 0 saturated heterocycles. The van der Waals surface area contributed by atoms with E-state index in [1.165, 1.54) is 24.4 Å². The van der Waals surface area contributed by atoms with Gasteiger partial charge in [-0.05, 0) is 64.1 Å². The van der Waals surface area contributed by atoms with E-state index in [0.29, 0.717) is 34.1 Å². The first-order valence-corrected chi connectivity index (χ1v) is 12.1. The summed E-state index contributed by atoms with van der Waals surface area (Å²) in [5.74, 6) is 0. The molecule has 0 spiro atoms. The number of para-hydroxylation sites is 1. The third kappa shape index (κ3) is 5.52. The summed E-state index contributed by atoms with van der Waals surface area (Å²) in [6.45, 7) is 0. The van der Waals surface area contributed by atoms with Crippen LogP contribution in [0.3, 0.4) is 0 Å². The van der Waals surface area contributed by atoms with E-state index in [-0.39, 0.29) is 11.1 Å². The minimum Gasteiger partial charge on any atom is -0.320 e. The third-order valence-electron chi connectivity index (χ3n) is 6.63. The molecule has 0 fully saturated rings. The molecule has 0 aliphatic heterocycles. The highest BCUT2D eigenvalue weighted by Crippen LogP contribution is 2.40. The first kappa shape index (κ1) is 26.4. The van der Waals surface area contributed by atoms with Crippen LogP contribution in [-0.4, -0.2) is 4.98 Å². The minimum atomic E-state index is -4.60. The van der Waals surface area contributed by atoms with E-state index in [1.54, 1.807) is 30.3 Å². The van der Waals surface area contributed by atoms with Gasteiger partial charge in [-0.1, -0.05) is 72.8 Å². The Morgan fingerprint density at radius 1 is 0.692 bits per heavy atom. The normalized spacial score (nSPS) is 13.0. The van der Waals surface area contributed by atoms with Crippen molar-refractivity contribution in [1.82, 2.24) is 4.98 Å². The van der Waals surface area contributed by atoms with Gasteiger partial charge in [-0.15, -0.1) is 0 Å². The van der Waals surface area contributed by atoms with Crippen LogP contribution in [0.25, 0.3) is 22.0 Å². The molecular weight excluding hydrogens is 514 g/mol. The van der Waals surface area contributed by atoms with E-state index in [1.807, 2.05) is 30.3 Å². The number of nitrogens with zero attached hydrogens (tertiary/aromatic N) is 1. The largest absolute Gasteiger partial charge is 0.418 e. The van der Waals surface area contributed by atoms with Crippen molar-refractivity contribution in [1.29, 1.82) is 0 Å². The molecule has 5 aromatic rings. The maximum absolute atomic E-state index is 13.8. The number of rotatable bonds is 5. The first-order chi connectivity index (χ1) is 18.5. The van der Waals surface area contributed by atoms with E-state index in [9.17, 15) is 26.3 Å². The predicted octanol–water partition coefficient (Wildman–Crippen LogP) is 8.58. The molecule has 0 aliphatic rings. The molecule has 0 saturated carbocycles. The van der Waals surface area contributed by atoms with Crippen molar-refractivity contribution in [3.63, 3.8) is 0 Å². The maximum Gasteiger partial charge on any atom is 0.418 e. The van der Waals surface area contributed by atoms with E-state index in [0.717, 1.165) is 23.8 Å². The fourth-order valence-electron chi connectivity index (χ4n) is 4.77. The molecule has 1 heterocycles. The molecule has 2 N–H and O–H groups in total. The molecule has 8 heteroatoms. The number of hydrogen-bond acceptors (Lipinski definition) is 2. The summed E-state index contributed by atoms with van der Waals surface area (Å²) in [6, 6.07) is 24.2. The van der Waals surface area contributed by atoms with Gasteiger partial charge in [0.1, 0.15) is 0 Å². The lowest BCUT2D eigenvalue weighted by atomic mass is 9.89. The highest BCUT2D eigenvalue weighted by atomic mass is 19.4. The first-order valence-electron chi connectivity index (χ1n) is 12.1. The van der Waals surface area contributed by atoms with Gasteiger partial charge in [0.05, 0.1) is 22.7 Å². The molecule has 1 atom stereocenters. The summed E-state index contributed by atoms with van der Waals surface area (Å²) in [4.78, 5) is 4.22. The van der Waals surface area contributed by atoms with Crippen molar-refractivity contribution in [2.45, 2.75) is 24.8 Å². The van der Waals surface area contributed by atoms with Crippen molar-refractivity contribution in [3.05, 3.63) is 137 Å². The highest BCUT2D eigenvalue weighted by molar-refractivity contribution is 5.98. The van der Waals surface area contributed by atoms with Crippen LogP contribution in [0.15, 0.2) is 103 Å². The van der Waals surface area contributed by atoms with Gasteiger partial charge in [-0.25, -0.2) is 0 Å².